The summed E-state index contributed by atoms with van der Waals surface area (Å²) in [6.45, 7) is 16.7. The van der Waals surface area contributed by atoms with Gasteiger partial charge in [-0.3, -0.25) is 10.2 Å². The highest BCUT2D eigenvalue weighted by Crippen LogP contribution is 2.40. The van der Waals surface area contributed by atoms with E-state index < -0.39 is 0 Å². The number of benzene rings is 2. The van der Waals surface area contributed by atoms with E-state index in [0.29, 0.717) is 17.9 Å². The van der Waals surface area contributed by atoms with E-state index in [1.807, 2.05) is 85.7 Å². The number of carbonyl (C=O) groups excluding carboxylic acids is 1. The Bertz CT molecular complexity index is 1030. The van der Waals surface area contributed by atoms with Crippen molar-refractivity contribution in [1.82, 2.24) is 4.90 Å². The van der Waals surface area contributed by atoms with E-state index in [4.69, 9.17) is 10.1 Å². The number of carbonyl (C=O) groups is 1. The van der Waals surface area contributed by atoms with Gasteiger partial charge in [-0.15, -0.1) is 17.0 Å². The monoisotopic (exact) mass is 516 g/mol. The second kappa shape index (κ2) is 9.49. The number of ketones is 1. The third kappa shape index (κ3) is 5.60. The summed E-state index contributed by atoms with van der Waals surface area (Å²) < 4.78 is 5.93. The lowest BCUT2D eigenvalue weighted by molar-refractivity contribution is 0.0961. The van der Waals surface area contributed by atoms with Crippen LogP contribution in [0.15, 0.2) is 30.3 Å². The molecule has 0 aromatic heterocycles. The van der Waals surface area contributed by atoms with Crippen molar-refractivity contribution >= 4 is 28.6 Å². The number of amidine groups is 1. The van der Waals surface area contributed by atoms with Crippen LogP contribution in [-0.2, 0) is 17.4 Å². The normalized spacial score (nSPS) is 13.7. The van der Waals surface area contributed by atoms with Crippen LogP contribution in [0.25, 0.3) is 0 Å². The van der Waals surface area contributed by atoms with Crippen LogP contribution in [-0.4, -0.2) is 34.3 Å². The molecular formula is C27H37BrN2O3. The number of ether oxygens (including phenoxy) is 1. The molecule has 1 aliphatic heterocycles. The van der Waals surface area contributed by atoms with Crippen molar-refractivity contribution < 1.29 is 14.6 Å². The van der Waals surface area contributed by atoms with Gasteiger partial charge in [0.05, 0.1) is 12.6 Å². The second-order valence-corrected chi connectivity index (χ2v) is 11.0. The minimum Gasteiger partial charge on any atom is -0.507 e. The molecule has 2 aromatic carbocycles. The second-order valence-electron chi connectivity index (χ2n) is 11.0. The molecule has 0 atom stereocenters. The van der Waals surface area contributed by atoms with E-state index in [1.165, 1.54) is 0 Å². The van der Waals surface area contributed by atoms with Crippen LogP contribution in [0.5, 0.6) is 11.5 Å². The minimum atomic E-state index is -0.306. The largest absolute Gasteiger partial charge is 0.507 e. The first-order valence-electron chi connectivity index (χ1n) is 11.2. The molecule has 0 amide bonds. The quantitative estimate of drug-likeness (QED) is 0.452. The lowest BCUT2D eigenvalue weighted by Crippen LogP contribution is -2.30. The first-order valence-corrected chi connectivity index (χ1v) is 11.2. The molecule has 0 saturated heterocycles. The van der Waals surface area contributed by atoms with Crippen LogP contribution < -0.4 is 4.74 Å². The van der Waals surface area contributed by atoms with Crippen LogP contribution in [0.1, 0.15) is 88.0 Å². The topological polar surface area (TPSA) is 73.6 Å². The molecule has 33 heavy (non-hydrogen) atoms. The van der Waals surface area contributed by atoms with Crippen LogP contribution in [0, 0.1) is 5.41 Å². The maximum Gasteiger partial charge on any atom is 0.182 e. The molecule has 0 aliphatic carbocycles. The highest BCUT2D eigenvalue weighted by Gasteiger charge is 2.31. The highest BCUT2D eigenvalue weighted by atomic mass is 79.9. The van der Waals surface area contributed by atoms with Gasteiger partial charge >= 0.3 is 0 Å². The summed E-state index contributed by atoms with van der Waals surface area (Å²) >= 11 is 0. The molecule has 0 bridgehead atoms. The molecule has 0 fully saturated rings. The van der Waals surface area contributed by atoms with Gasteiger partial charge in [0.2, 0.25) is 0 Å². The Labute approximate surface area is 208 Å². The number of phenols is 1. The number of nitrogens with one attached hydrogen (secondary N) is 1. The molecule has 1 aliphatic rings. The van der Waals surface area contributed by atoms with Crippen molar-refractivity contribution in [2.45, 2.75) is 78.9 Å². The van der Waals surface area contributed by atoms with Crippen molar-refractivity contribution in [2.75, 3.05) is 6.54 Å². The Morgan fingerprint density at radius 1 is 1.09 bits per heavy atom. The molecule has 5 nitrogen and oxygen atoms in total. The first kappa shape index (κ1) is 26.9. The molecule has 1 heterocycles. The average Bonchev–Trinajstić information content (AvgIpc) is 2.96. The van der Waals surface area contributed by atoms with E-state index in [2.05, 4.69) is 0 Å². The van der Waals surface area contributed by atoms with Crippen molar-refractivity contribution in [1.29, 1.82) is 5.41 Å². The molecule has 0 unspecified atom stereocenters. The van der Waals surface area contributed by atoms with Gasteiger partial charge in [-0.2, -0.15) is 0 Å². The maximum absolute atomic E-state index is 13.4. The van der Waals surface area contributed by atoms with Gasteiger partial charge in [0.25, 0.3) is 0 Å². The summed E-state index contributed by atoms with van der Waals surface area (Å²) in [5.41, 5.74) is 3.25. The molecule has 180 valence electrons. The average molecular weight is 518 g/mol. The van der Waals surface area contributed by atoms with Gasteiger partial charge < -0.3 is 14.7 Å². The molecule has 3 rings (SSSR count). The predicted molar refractivity (Wildman–Crippen MR) is 140 cm³/mol. The number of hydrogen-bond donors (Lipinski definition) is 2. The SMILES string of the molecule is Br.CC(C)Oc1cccc2c1CN(CC(=O)c1cc(C(C)(C)C)c(O)c(C(C)(C)C)c1)C2=N. The summed E-state index contributed by atoms with van der Waals surface area (Å²) in [7, 11) is 0. The van der Waals surface area contributed by atoms with E-state index in [9.17, 15) is 9.90 Å². The molecule has 2 aromatic rings. The third-order valence-electron chi connectivity index (χ3n) is 5.80. The molecular weight excluding hydrogens is 480 g/mol. The zero-order valence-electron chi connectivity index (χ0n) is 21.0. The fourth-order valence-corrected chi connectivity index (χ4v) is 4.09. The van der Waals surface area contributed by atoms with Crippen molar-refractivity contribution in [2.24, 2.45) is 0 Å². The standard InChI is InChI=1S/C27H36N2O3.BrH/c1-16(2)32-23-11-9-10-18-19(23)14-29(25(18)28)15-22(30)17-12-20(26(3,4)5)24(31)21(13-17)27(6,7)8;/h9-13,16,28,31H,14-15H2,1-8H3;1H. The number of Topliss-reactive ketones (excluding diaryl/α,β-unsaturated/α-hetero) is 1. The smallest absolute Gasteiger partial charge is 0.182 e. The molecule has 0 radical (unpaired) electrons. The zero-order valence-corrected chi connectivity index (χ0v) is 22.7. The Balaban J connectivity index is 0.00000385. The zero-order chi connectivity index (χ0) is 24.0. The van der Waals surface area contributed by atoms with Crippen molar-refractivity contribution in [3.8, 4) is 11.5 Å². The van der Waals surface area contributed by atoms with E-state index in [-0.39, 0.29) is 52.0 Å². The summed E-state index contributed by atoms with van der Waals surface area (Å²) in [5, 5.41) is 19.6. The Morgan fingerprint density at radius 3 is 2.12 bits per heavy atom. The van der Waals surface area contributed by atoms with Gasteiger partial charge in [-0.1, -0.05) is 53.7 Å². The van der Waals surface area contributed by atoms with Gasteiger partial charge in [0, 0.05) is 34.4 Å². The number of phenolic OH excluding ortho intramolecular Hbond substituents is 1. The van der Waals surface area contributed by atoms with Gasteiger partial charge in [0.1, 0.15) is 17.3 Å². The highest BCUT2D eigenvalue weighted by molar-refractivity contribution is 8.93. The number of hydrogen-bond acceptors (Lipinski definition) is 4. The van der Waals surface area contributed by atoms with E-state index in [0.717, 1.165) is 28.0 Å². The maximum atomic E-state index is 13.4. The Hall–Kier alpha value is -2.34. The summed E-state index contributed by atoms with van der Waals surface area (Å²) in [6.07, 6.45) is 0.0370. The minimum absolute atomic E-state index is 0. The van der Waals surface area contributed by atoms with Crippen molar-refractivity contribution in [3.05, 3.63) is 58.1 Å². The third-order valence-corrected chi connectivity index (χ3v) is 5.80. The van der Waals surface area contributed by atoms with Crippen LogP contribution >= 0.6 is 17.0 Å². The number of fused-ring (bicyclic) bond motifs is 1. The predicted octanol–water partition coefficient (Wildman–Crippen LogP) is 6.38. The summed E-state index contributed by atoms with van der Waals surface area (Å²) in [5.74, 6) is 1.31. The van der Waals surface area contributed by atoms with Gasteiger partial charge in [-0.05, 0) is 42.9 Å². The number of halogens is 1. The van der Waals surface area contributed by atoms with Gasteiger partial charge in [-0.25, -0.2) is 0 Å². The fraction of sp³-hybridized carbons (Fsp3) is 0.481. The van der Waals surface area contributed by atoms with E-state index in [1.54, 1.807) is 4.90 Å². The summed E-state index contributed by atoms with van der Waals surface area (Å²) in [4.78, 5) is 15.2. The number of aromatic hydroxyl groups is 1. The van der Waals surface area contributed by atoms with Crippen LogP contribution in [0.3, 0.4) is 0 Å². The Morgan fingerprint density at radius 2 is 1.64 bits per heavy atom. The molecule has 2 N–H and O–H groups in total. The molecule has 0 saturated carbocycles. The first-order chi connectivity index (χ1) is 14.7. The number of rotatable bonds is 5. The fourth-order valence-electron chi connectivity index (χ4n) is 4.09. The summed E-state index contributed by atoms with van der Waals surface area (Å²) in [6, 6.07) is 9.34. The van der Waals surface area contributed by atoms with Crippen LogP contribution in [0.2, 0.25) is 0 Å². The Kier molecular flexibility index (Phi) is 7.74. The molecule has 6 heteroatoms. The molecule has 0 spiro atoms. The lowest BCUT2D eigenvalue weighted by Gasteiger charge is -2.28. The van der Waals surface area contributed by atoms with Gasteiger partial charge in [0.15, 0.2) is 5.78 Å². The number of nitrogens with zero attached hydrogens (tertiary/aromatic N) is 1. The van der Waals surface area contributed by atoms with Crippen LogP contribution in [0.4, 0.5) is 0 Å². The van der Waals surface area contributed by atoms with E-state index >= 15 is 0 Å². The lowest BCUT2D eigenvalue weighted by atomic mass is 9.78. The van der Waals surface area contributed by atoms with Crippen molar-refractivity contribution in [3.63, 3.8) is 0 Å².